The number of halogens is 1. The highest BCUT2D eigenvalue weighted by atomic mass is 32.2. The van der Waals surface area contributed by atoms with E-state index in [4.69, 9.17) is 0 Å². The van der Waals surface area contributed by atoms with Gasteiger partial charge in [0.1, 0.15) is 5.82 Å². The Morgan fingerprint density at radius 3 is 2.35 bits per heavy atom. The van der Waals surface area contributed by atoms with E-state index in [0.29, 0.717) is 23.4 Å². The molecule has 2 aromatic rings. The van der Waals surface area contributed by atoms with Crippen molar-refractivity contribution in [2.75, 3.05) is 17.6 Å². The summed E-state index contributed by atoms with van der Waals surface area (Å²) in [5.41, 5.74) is 1.18. The van der Waals surface area contributed by atoms with E-state index >= 15 is 0 Å². The molecule has 0 saturated carbocycles. The molecule has 0 saturated heterocycles. The molecule has 2 rings (SSSR count). The number of nitrogens with one attached hydrogen (secondary N) is 1. The fourth-order valence-corrected chi connectivity index (χ4v) is 3.75. The first-order valence-corrected chi connectivity index (χ1v) is 10.1. The molecule has 0 aliphatic carbocycles. The first-order chi connectivity index (χ1) is 12.3. The molecule has 140 valence electrons. The molecule has 0 radical (unpaired) electrons. The lowest BCUT2D eigenvalue weighted by molar-refractivity contribution is 0.0696. The van der Waals surface area contributed by atoms with E-state index in [1.54, 1.807) is 0 Å². The van der Waals surface area contributed by atoms with Gasteiger partial charge in [0.2, 0.25) is 0 Å². The molecule has 0 aliphatic rings. The van der Waals surface area contributed by atoms with Crippen LogP contribution in [0.2, 0.25) is 0 Å². The van der Waals surface area contributed by atoms with Crippen LogP contribution in [0.15, 0.2) is 41.3 Å². The van der Waals surface area contributed by atoms with Gasteiger partial charge in [-0.3, -0.25) is 0 Å². The number of rotatable bonds is 8. The Hall–Kier alpha value is -2.41. The Morgan fingerprint density at radius 1 is 1.15 bits per heavy atom. The Bertz CT molecular complexity index is 893. The number of hydrogen-bond donors (Lipinski definition) is 2. The molecule has 2 N–H and O–H groups in total. The number of carboxylic acids is 1. The van der Waals surface area contributed by atoms with Crippen LogP contribution in [0.3, 0.4) is 0 Å². The highest BCUT2D eigenvalue weighted by Crippen LogP contribution is 2.36. The van der Waals surface area contributed by atoms with E-state index < -0.39 is 21.6 Å². The smallest absolute Gasteiger partial charge is 0.335 e. The molecule has 0 unspecified atom stereocenters. The predicted molar refractivity (Wildman–Crippen MR) is 99.9 cm³/mol. The summed E-state index contributed by atoms with van der Waals surface area (Å²) >= 11 is 0. The third-order valence-corrected chi connectivity index (χ3v) is 5.80. The molecular weight excluding hydrogens is 357 g/mol. The highest BCUT2D eigenvalue weighted by molar-refractivity contribution is 7.91. The van der Waals surface area contributed by atoms with Gasteiger partial charge in [-0.25, -0.2) is 17.6 Å². The zero-order valence-corrected chi connectivity index (χ0v) is 15.6. The van der Waals surface area contributed by atoms with Crippen LogP contribution in [0, 0.1) is 5.82 Å². The average Bonchev–Trinajstić information content (AvgIpc) is 2.62. The summed E-state index contributed by atoms with van der Waals surface area (Å²) in [6.45, 7) is 4.09. The van der Waals surface area contributed by atoms with Gasteiger partial charge in [-0.1, -0.05) is 32.4 Å². The maximum atomic E-state index is 13.3. The van der Waals surface area contributed by atoms with Crippen molar-refractivity contribution in [3.05, 3.63) is 47.8 Å². The van der Waals surface area contributed by atoms with Crippen LogP contribution in [0.25, 0.3) is 11.1 Å². The number of hydrogen-bond acceptors (Lipinski definition) is 4. The first-order valence-electron chi connectivity index (χ1n) is 8.44. The number of aromatic carboxylic acids is 1. The van der Waals surface area contributed by atoms with E-state index in [2.05, 4.69) is 5.32 Å². The number of unbranched alkanes of at least 4 members (excludes halogenated alkanes) is 1. The Balaban J connectivity index is 2.77. The summed E-state index contributed by atoms with van der Waals surface area (Å²) < 4.78 is 38.6. The van der Waals surface area contributed by atoms with Crippen LogP contribution in [0.5, 0.6) is 0 Å². The molecule has 0 bridgehead atoms. The van der Waals surface area contributed by atoms with Crippen LogP contribution in [-0.2, 0) is 9.84 Å². The molecule has 0 atom stereocenters. The van der Waals surface area contributed by atoms with Crippen LogP contribution >= 0.6 is 0 Å². The lowest BCUT2D eigenvalue weighted by Crippen LogP contribution is -2.12. The number of carboxylic acid groups (broad SMARTS) is 1. The van der Waals surface area contributed by atoms with Gasteiger partial charge in [-0.2, -0.15) is 0 Å². The molecule has 0 spiro atoms. The minimum atomic E-state index is -3.69. The van der Waals surface area contributed by atoms with E-state index in [9.17, 15) is 22.7 Å². The topological polar surface area (TPSA) is 83.5 Å². The second kappa shape index (κ2) is 8.31. The minimum absolute atomic E-state index is 0.0643. The molecule has 0 heterocycles. The van der Waals surface area contributed by atoms with Crippen molar-refractivity contribution in [2.45, 2.75) is 31.6 Å². The Kier molecular flexibility index (Phi) is 6.37. The van der Waals surface area contributed by atoms with Crippen molar-refractivity contribution in [1.82, 2.24) is 0 Å². The zero-order chi connectivity index (χ0) is 19.3. The third-order valence-electron chi connectivity index (χ3n) is 4.04. The fourth-order valence-electron chi connectivity index (χ4n) is 2.59. The molecule has 0 amide bonds. The van der Waals surface area contributed by atoms with Crippen molar-refractivity contribution in [3.63, 3.8) is 0 Å². The normalized spacial score (nSPS) is 11.3. The van der Waals surface area contributed by atoms with E-state index in [1.807, 2.05) is 6.92 Å². The summed E-state index contributed by atoms with van der Waals surface area (Å²) in [5, 5.41) is 12.5. The fraction of sp³-hybridized carbons (Fsp3) is 0.316. The molecule has 7 heteroatoms. The van der Waals surface area contributed by atoms with Crippen molar-refractivity contribution < 1.29 is 22.7 Å². The predicted octanol–water partition coefficient (Wildman–Crippen LogP) is 4.20. The van der Waals surface area contributed by atoms with Crippen molar-refractivity contribution >= 4 is 21.5 Å². The average molecular weight is 379 g/mol. The number of sulfone groups is 1. The van der Waals surface area contributed by atoms with Gasteiger partial charge >= 0.3 is 5.97 Å². The van der Waals surface area contributed by atoms with Crippen molar-refractivity contribution in [1.29, 1.82) is 0 Å². The van der Waals surface area contributed by atoms with E-state index in [1.165, 1.54) is 43.3 Å². The monoisotopic (exact) mass is 379 g/mol. The highest BCUT2D eigenvalue weighted by Gasteiger charge is 2.23. The van der Waals surface area contributed by atoms with Gasteiger partial charge in [0.25, 0.3) is 0 Å². The second-order valence-electron chi connectivity index (χ2n) is 5.89. The van der Waals surface area contributed by atoms with E-state index in [-0.39, 0.29) is 16.2 Å². The quantitative estimate of drug-likeness (QED) is 0.672. The van der Waals surface area contributed by atoms with Gasteiger partial charge in [-0.15, -0.1) is 0 Å². The summed E-state index contributed by atoms with van der Waals surface area (Å²) in [6, 6.07) is 8.07. The van der Waals surface area contributed by atoms with Crippen LogP contribution in [0.1, 0.15) is 37.0 Å². The van der Waals surface area contributed by atoms with Gasteiger partial charge in [0.15, 0.2) is 9.84 Å². The summed E-state index contributed by atoms with van der Waals surface area (Å²) in [5.74, 6) is -1.81. The molecule has 0 aliphatic heterocycles. The van der Waals surface area contributed by atoms with Crippen molar-refractivity contribution in [2.24, 2.45) is 0 Å². The van der Waals surface area contributed by atoms with Gasteiger partial charge in [0, 0.05) is 17.8 Å². The lowest BCUT2D eigenvalue weighted by Gasteiger charge is -2.18. The molecule has 5 nitrogen and oxygen atoms in total. The third kappa shape index (κ3) is 4.40. The van der Waals surface area contributed by atoms with Gasteiger partial charge in [0.05, 0.1) is 16.2 Å². The maximum absolute atomic E-state index is 13.3. The maximum Gasteiger partial charge on any atom is 0.335 e. The minimum Gasteiger partial charge on any atom is -0.478 e. The second-order valence-corrected chi connectivity index (χ2v) is 8.14. The van der Waals surface area contributed by atoms with Gasteiger partial charge in [-0.05, 0) is 36.2 Å². The first kappa shape index (κ1) is 19.9. The van der Waals surface area contributed by atoms with Crippen LogP contribution in [0.4, 0.5) is 10.1 Å². The SMILES string of the molecule is CCCCNc1cc(C(=O)O)cc(S(=O)(=O)CC)c1-c1ccc(F)cc1. The lowest BCUT2D eigenvalue weighted by atomic mass is 10.0. The summed E-state index contributed by atoms with van der Waals surface area (Å²) in [4.78, 5) is 11.4. The molecular formula is C19H22FNO4S. The number of benzene rings is 2. The Labute approximate surface area is 152 Å². The number of anilines is 1. The van der Waals surface area contributed by atoms with Gasteiger partial charge < -0.3 is 10.4 Å². The largest absolute Gasteiger partial charge is 0.478 e. The molecule has 0 fully saturated rings. The standard InChI is InChI=1S/C19H22FNO4S/c1-3-5-10-21-16-11-14(19(22)23)12-17(26(24,25)4-2)18(16)13-6-8-15(20)9-7-13/h6-9,11-12,21H,3-5,10H2,1-2H3,(H,22,23). The van der Waals surface area contributed by atoms with Crippen LogP contribution in [-0.4, -0.2) is 31.8 Å². The molecule has 2 aromatic carbocycles. The zero-order valence-electron chi connectivity index (χ0n) is 14.8. The van der Waals surface area contributed by atoms with Crippen LogP contribution < -0.4 is 5.32 Å². The summed E-state index contributed by atoms with van der Waals surface area (Å²) in [6.07, 6.45) is 1.77. The Morgan fingerprint density at radius 2 is 1.81 bits per heavy atom. The molecule has 26 heavy (non-hydrogen) atoms. The van der Waals surface area contributed by atoms with E-state index in [0.717, 1.165) is 12.8 Å². The summed E-state index contributed by atoms with van der Waals surface area (Å²) in [7, 11) is -3.69. The number of carbonyl (C=O) groups is 1. The molecule has 0 aromatic heterocycles. The van der Waals surface area contributed by atoms with Crippen molar-refractivity contribution in [3.8, 4) is 11.1 Å².